The second-order valence-corrected chi connectivity index (χ2v) is 8.62. The summed E-state index contributed by atoms with van der Waals surface area (Å²) in [6.45, 7) is 4.89. The summed E-state index contributed by atoms with van der Waals surface area (Å²) in [7, 11) is 0. The van der Waals surface area contributed by atoms with Crippen LogP contribution in [0.4, 0.5) is 0 Å². The third-order valence-corrected chi connectivity index (χ3v) is 6.14. The van der Waals surface area contributed by atoms with E-state index in [4.69, 9.17) is 9.26 Å². The van der Waals surface area contributed by atoms with Crippen molar-refractivity contribution in [1.29, 1.82) is 0 Å². The Balaban J connectivity index is 1.23. The topological polar surface area (TPSA) is 81.4 Å². The molecule has 4 aromatic rings. The van der Waals surface area contributed by atoms with E-state index < -0.39 is 0 Å². The van der Waals surface area contributed by atoms with Gasteiger partial charge in [0, 0.05) is 11.1 Å². The highest BCUT2D eigenvalue weighted by atomic mass is 32.1. The number of ether oxygens (including phenoxy) is 1. The lowest BCUT2D eigenvalue weighted by atomic mass is 10.1. The van der Waals surface area contributed by atoms with Gasteiger partial charge in [-0.3, -0.25) is 4.79 Å². The minimum atomic E-state index is -0.0453. The van der Waals surface area contributed by atoms with Crippen molar-refractivity contribution in [3.05, 3.63) is 70.2 Å². The molecule has 0 spiro atoms. The van der Waals surface area contributed by atoms with E-state index in [1.165, 1.54) is 11.3 Å². The quantitative estimate of drug-likeness (QED) is 0.466. The first-order valence-electron chi connectivity index (χ1n) is 9.96. The fourth-order valence-electron chi connectivity index (χ4n) is 3.49. The summed E-state index contributed by atoms with van der Waals surface area (Å²) >= 11 is 1.44. The molecule has 2 aromatic carbocycles. The normalized spacial score (nSPS) is 13.8. The summed E-state index contributed by atoms with van der Waals surface area (Å²) in [5.74, 6) is 1.71. The van der Waals surface area contributed by atoms with E-state index in [0.717, 1.165) is 21.8 Å². The minimum absolute atomic E-state index is 0.0241. The first-order valence-corrected chi connectivity index (χ1v) is 10.8. The Morgan fingerprint density at radius 3 is 2.58 bits per heavy atom. The zero-order valence-corrected chi connectivity index (χ0v) is 17.9. The summed E-state index contributed by atoms with van der Waals surface area (Å²) in [4.78, 5) is 24.0. The van der Waals surface area contributed by atoms with Crippen LogP contribution in [0, 0.1) is 13.8 Å². The van der Waals surface area contributed by atoms with E-state index in [1.807, 2.05) is 68.4 Å². The molecule has 7 nitrogen and oxygen atoms in total. The van der Waals surface area contributed by atoms with E-state index in [9.17, 15) is 4.79 Å². The molecule has 1 fully saturated rings. The Labute approximate surface area is 183 Å². The van der Waals surface area contributed by atoms with Crippen LogP contribution in [-0.2, 0) is 0 Å². The number of benzene rings is 2. The van der Waals surface area contributed by atoms with Gasteiger partial charge in [-0.1, -0.05) is 41.6 Å². The highest BCUT2D eigenvalue weighted by Crippen LogP contribution is 2.28. The maximum atomic E-state index is 12.6. The molecular formula is C23H20N4O3S. The molecule has 0 bridgehead atoms. The van der Waals surface area contributed by atoms with Crippen molar-refractivity contribution in [2.75, 3.05) is 13.1 Å². The Kier molecular flexibility index (Phi) is 4.99. The van der Waals surface area contributed by atoms with Gasteiger partial charge in [-0.05, 0) is 32.0 Å². The monoisotopic (exact) mass is 432 g/mol. The Morgan fingerprint density at radius 1 is 1.06 bits per heavy atom. The number of aromatic nitrogens is 3. The van der Waals surface area contributed by atoms with E-state index in [1.54, 1.807) is 4.90 Å². The zero-order valence-electron chi connectivity index (χ0n) is 17.1. The number of carbonyl (C=O) groups is 1. The molecule has 0 atom stereocenters. The van der Waals surface area contributed by atoms with Crippen LogP contribution in [0.15, 0.2) is 59.1 Å². The number of thiazole rings is 1. The second kappa shape index (κ2) is 7.96. The molecule has 0 aliphatic carbocycles. The van der Waals surface area contributed by atoms with Crippen molar-refractivity contribution < 1.29 is 14.1 Å². The predicted octanol–water partition coefficient (Wildman–Crippen LogP) is 4.38. The fourth-order valence-corrected chi connectivity index (χ4v) is 4.38. The number of rotatable bonds is 5. The van der Waals surface area contributed by atoms with Gasteiger partial charge in [0.1, 0.15) is 16.7 Å². The van der Waals surface area contributed by atoms with Crippen molar-refractivity contribution in [2.45, 2.75) is 20.0 Å². The van der Waals surface area contributed by atoms with Gasteiger partial charge in [-0.2, -0.15) is 4.98 Å². The molecule has 156 valence electrons. The average molecular weight is 433 g/mol. The third kappa shape index (κ3) is 3.94. The van der Waals surface area contributed by atoms with Crippen molar-refractivity contribution in [2.24, 2.45) is 0 Å². The summed E-state index contributed by atoms with van der Waals surface area (Å²) < 4.78 is 11.5. The first kappa shape index (κ1) is 19.4. The van der Waals surface area contributed by atoms with Crippen LogP contribution in [-0.4, -0.2) is 45.1 Å². The predicted molar refractivity (Wildman–Crippen MR) is 117 cm³/mol. The van der Waals surface area contributed by atoms with Crippen LogP contribution in [0.1, 0.15) is 20.4 Å². The highest BCUT2D eigenvalue weighted by Gasteiger charge is 2.34. The molecule has 1 aliphatic rings. The highest BCUT2D eigenvalue weighted by molar-refractivity contribution is 7.13. The number of carbonyl (C=O) groups excluding carboxylic acids is 1. The smallest absolute Gasteiger partial charge is 0.266 e. The molecule has 0 N–H and O–H groups in total. The molecule has 2 aromatic heterocycles. The molecule has 0 unspecified atom stereocenters. The van der Waals surface area contributed by atoms with E-state index in [2.05, 4.69) is 15.1 Å². The number of hydrogen-bond acceptors (Lipinski definition) is 7. The number of likely N-dealkylation sites (tertiary alicyclic amines) is 1. The van der Waals surface area contributed by atoms with E-state index >= 15 is 0 Å². The lowest BCUT2D eigenvalue weighted by Gasteiger charge is -2.38. The molecule has 1 saturated heterocycles. The van der Waals surface area contributed by atoms with Gasteiger partial charge in [-0.25, -0.2) is 4.98 Å². The molecule has 3 heterocycles. The molecular weight excluding hydrogens is 412 g/mol. The molecule has 8 heteroatoms. The molecule has 1 amide bonds. The largest absolute Gasteiger partial charge is 0.487 e. The van der Waals surface area contributed by atoms with Gasteiger partial charge >= 0.3 is 0 Å². The summed E-state index contributed by atoms with van der Waals surface area (Å²) in [6, 6.07) is 17.2. The van der Waals surface area contributed by atoms with Gasteiger partial charge in [-0.15, -0.1) is 11.3 Å². The van der Waals surface area contributed by atoms with Gasteiger partial charge in [0.05, 0.1) is 23.8 Å². The van der Waals surface area contributed by atoms with Gasteiger partial charge < -0.3 is 14.2 Å². The van der Waals surface area contributed by atoms with E-state index in [0.29, 0.717) is 35.4 Å². The lowest BCUT2D eigenvalue weighted by molar-refractivity contribution is 0.0181. The van der Waals surface area contributed by atoms with Crippen LogP contribution in [0.2, 0.25) is 0 Å². The van der Waals surface area contributed by atoms with Gasteiger partial charge in [0.25, 0.3) is 11.8 Å². The summed E-state index contributed by atoms with van der Waals surface area (Å²) in [5.41, 5.74) is 2.48. The van der Waals surface area contributed by atoms with Crippen LogP contribution in [0.3, 0.4) is 0 Å². The molecule has 0 radical (unpaired) electrons. The SMILES string of the molecule is Cc1nc(C)c(C(=O)N2CC(Oc3cccc(-c4nc(-c5ccccc5)no4)c3)C2)s1. The maximum Gasteiger partial charge on any atom is 0.266 e. The van der Waals surface area contributed by atoms with Crippen LogP contribution < -0.4 is 4.74 Å². The third-order valence-electron chi connectivity index (χ3n) is 5.07. The number of amides is 1. The number of aryl methyl sites for hydroxylation is 2. The molecule has 1 aliphatic heterocycles. The average Bonchev–Trinajstić information content (AvgIpc) is 3.37. The molecule has 31 heavy (non-hydrogen) atoms. The first-order chi connectivity index (χ1) is 15.1. The van der Waals surface area contributed by atoms with Gasteiger partial charge in [0.15, 0.2) is 0 Å². The Hall–Kier alpha value is -3.52. The van der Waals surface area contributed by atoms with Crippen molar-refractivity contribution >= 4 is 17.2 Å². The Morgan fingerprint density at radius 2 is 1.84 bits per heavy atom. The van der Waals surface area contributed by atoms with Gasteiger partial charge in [0.2, 0.25) is 5.82 Å². The number of nitrogens with zero attached hydrogens (tertiary/aromatic N) is 4. The van der Waals surface area contributed by atoms with E-state index in [-0.39, 0.29) is 12.0 Å². The Bertz CT molecular complexity index is 1230. The molecule has 0 saturated carbocycles. The van der Waals surface area contributed by atoms with Crippen LogP contribution >= 0.6 is 11.3 Å². The summed E-state index contributed by atoms with van der Waals surface area (Å²) in [6.07, 6.45) is -0.0453. The lowest BCUT2D eigenvalue weighted by Crippen LogP contribution is -2.56. The second-order valence-electron chi connectivity index (χ2n) is 7.41. The summed E-state index contributed by atoms with van der Waals surface area (Å²) in [5, 5.41) is 4.98. The van der Waals surface area contributed by atoms with Crippen molar-refractivity contribution in [1.82, 2.24) is 20.0 Å². The number of hydrogen-bond donors (Lipinski definition) is 0. The minimum Gasteiger partial charge on any atom is -0.487 e. The van der Waals surface area contributed by atoms with Crippen LogP contribution in [0.25, 0.3) is 22.8 Å². The van der Waals surface area contributed by atoms with Crippen LogP contribution in [0.5, 0.6) is 5.75 Å². The fraction of sp³-hybridized carbons (Fsp3) is 0.217. The van der Waals surface area contributed by atoms with Crippen molar-refractivity contribution in [3.63, 3.8) is 0 Å². The van der Waals surface area contributed by atoms with Crippen molar-refractivity contribution in [3.8, 4) is 28.6 Å². The standard InChI is InChI=1S/C23H20N4O3S/c1-14-20(31-15(2)24-14)23(28)27-12-19(13-27)29-18-10-6-9-17(11-18)22-25-21(26-30-22)16-7-4-3-5-8-16/h3-11,19H,12-13H2,1-2H3. The maximum absolute atomic E-state index is 12.6. The molecule has 5 rings (SSSR count). The zero-order chi connectivity index (χ0) is 21.4.